The van der Waals surface area contributed by atoms with Gasteiger partial charge in [-0.2, -0.15) is 5.26 Å². The van der Waals surface area contributed by atoms with Gasteiger partial charge in [0.15, 0.2) is 9.84 Å². The second-order valence-electron chi connectivity index (χ2n) is 6.11. The van der Waals surface area contributed by atoms with Crippen molar-refractivity contribution in [3.8, 4) is 6.07 Å². The zero-order valence-electron chi connectivity index (χ0n) is 12.0. The normalized spacial score (nSPS) is 28.5. The molecule has 1 aliphatic carbocycles. The molecule has 0 aromatic heterocycles. The first-order valence-electron chi connectivity index (χ1n) is 6.47. The Labute approximate surface area is 115 Å². The molecule has 0 aromatic rings. The molecule has 1 N–H and O–H groups in total. The van der Waals surface area contributed by atoms with Gasteiger partial charge in [0, 0.05) is 6.26 Å². The van der Waals surface area contributed by atoms with Gasteiger partial charge in [0.1, 0.15) is 10.3 Å². The predicted octanol–water partition coefficient (Wildman–Crippen LogP) is 1.40. The summed E-state index contributed by atoms with van der Waals surface area (Å²) in [5, 5.41) is 12.0. The first-order valence-corrected chi connectivity index (χ1v) is 8.37. The van der Waals surface area contributed by atoms with Crippen molar-refractivity contribution in [1.82, 2.24) is 5.32 Å². The van der Waals surface area contributed by atoms with Gasteiger partial charge in [0.25, 0.3) is 0 Å². The van der Waals surface area contributed by atoms with E-state index in [4.69, 9.17) is 0 Å². The smallest absolute Gasteiger partial charge is 0.242 e. The van der Waals surface area contributed by atoms with Gasteiger partial charge in [-0.3, -0.25) is 4.79 Å². The Balaban J connectivity index is 2.90. The topological polar surface area (TPSA) is 87.0 Å². The highest BCUT2D eigenvalue weighted by atomic mass is 32.2. The number of nitriles is 1. The number of nitrogens with zero attached hydrogens (tertiary/aromatic N) is 1. The van der Waals surface area contributed by atoms with Gasteiger partial charge in [0.2, 0.25) is 5.91 Å². The molecule has 0 bridgehead atoms. The number of hydrogen-bond acceptors (Lipinski definition) is 4. The molecule has 1 rings (SSSR count). The molecule has 0 saturated heterocycles. The Morgan fingerprint density at radius 3 is 2.21 bits per heavy atom. The molecule has 1 fully saturated rings. The maximum atomic E-state index is 12.2. The lowest BCUT2D eigenvalue weighted by atomic mass is 9.78. The van der Waals surface area contributed by atoms with E-state index in [9.17, 15) is 18.5 Å². The van der Waals surface area contributed by atoms with Gasteiger partial charge in [0.05, 0.1) is 6.07 Å². The standard InChI is InChI=1S/C13H22N2O3S/c1-10-5-7-13(9-14,8-6-10)15-11(16)12(2,3)19(4,17)18/h10H,5-8H2,1-4H3,(H,15,16). The van der Waals surface area contributed by atoms with Crippen LogP contribution in [0.2, 0.25) is 0 Å². The number of sulfone groups is 1. The Kier molecular flexibility index (Phi) is 4.30. The van der Waals surface area contributed by atoms with Crippen molar-refractivity contribution < 1.29 is 13.2 Å². The van der Waals surface area contributed by atoms with E-state index in [1.807, 2.05) is 0 Å². The first kappa shape index (κ1) is 16.0. The van der Waals surface area contributed by atoms with Gasteiger partial charge in [-0.15, -0.1) is 0 Å². The Hall–Kier alpha value is -1.09. The highest BCUT2D eigenvalue weighted by Gasteiger charge is 2.44. The average molecular weight is 286 g/mol. The Morgan fingerprint density at radius 2 is 1.84 bits per heavy atom. The van der Waals surface area contributed by atoms with Crippen molar-refractivity contribution in [2.45, 2.75) is 56.7 Å². The summed E-state index contributed by atoms with van der Waals surface area (Å²) in [5.74, 6) is -0.0487. The van der Waals surface area contributed by atoms with Crippen LogP contribution in [-0.2, 0) is 14.6 Å². The summed E-state index contributed by atoms with van der Waals surface area (Å²) in [4.78, 5) is 12.2. The van der Waals surface area contributed by atoms with Gasteiger partial charge in [-0.25, -0.2) is 8.42 Å². The van der Waals surface area contributed by atoms with Crippen LogP contribution in [0.25, 0.3) is 0 Å². The molecule has 1 saturated carbocycles. The molecule has 6 heteroatoms. The summed E-state index contributed by atoms with van der Waals surface area (Å²) in [5.41, 5.74) is -0.911. The molecule has 0 atom stereocenters. The molecule has 5 nitrogen and oxygen atoms in total. The third kappa shape index (κ3) is 3.27. The maximum absolute atomic E-state index is 12.2. The molecule has 0 heterocycles. The molecule has 108 valence electrons. The van der Waals surface area contributed by atoms with Crippen LogP contribution in [0.3, 0.4) is 0 Å². The van der Waals surface area contributed by atoms with Crippen LogP contribution in [0.4, 0.5) is 0 Å². The van der Waals surface area contributed by atoms with E-state index >= 15 is 0 Å². The minimum absolute atomic E-state index is 0.543. The van der Waals surface area contributed by atoms with Crippen molar-refractivity contribution in [2.24, 2.45) is 5.92 Å². The molecule has 1 aliphatic rings. The third-order valence-electron chi connectivity index (χ3n) is 4.17. The predicted molar refractivity (Wildman–Crippen MR) is 73.0 cm³/mol. The third-order valence-corrected chi connectivity index (χ3v) is 6.21. The molecule has 0 unspecified atom stereocenters. The Bertz CT molecular complexity index is 494. The van der Waals surface area contributed by atoms with E-state index < -0.39 is 26.0 Å². The summed E-state index contributed by atoms with van der Waals surface area (Å²) < 4.78 is 21.8. The van der Waals surface area contributed by atoms with Crippen LogP contribution in [0.1, 0.15) is 46.5 Å². The van der Waals surface area contributed by atoms with Crippen molar-refractivity contribution in [3.63, 3.8) is 0 Å². The summed E-state index contributed by atoms with van der Waals surface area (Å²) in [6.07, 6.45) is 3.93. The molecule has 0 spiro atoms. The molecule has 0 aromatic carbocycles. The zero-order chi connectivity index (χ0) is 14.9. The van der Waals surface area contributed by atoms with E-state index in [2.05, 4.69) is 18.3 Å². The van der Waals surface area contributed by atoms with E-state index in [1.165, 1.54) is 13.8 Å². The molecule has 0 aliphatic heterocycles. The number of rotatable bonds is 3. The highest BCUT2D eigenvalue weighted by molar-refractivity contribution is 7.92. The van der Waals surface area contributed by atoms with Gasteiger partial charge in [-0.05, 0) is 45.4 Å². The zero-order valence-corrected chi connectivity index (χ0v) is 12.8. The number of carbonyl (C=O) groups is 1. The minimum Gasteiger partial charge on any atom is -0.336 e. The number of nitrogens with one attached hydrogen (secondary N) is 1. The number of hydrogen-bond donors (Lipinski definition) is 1. The van der Waals surface area contributed by atoms with Crippen LogP contribution >= 0.6 is 0 Å². The van der Waals surface area contributed by atoms with Gasteiger partial charge < -0.3 is 5.32 Å². The molecule has 1 amide bonds. The van der Waals surface area contributed by atoms with Gasteiger partial charge >= 0.3 is 0 Å². The summed E-state index contributed by atoms with van der Waals surface area (Å²) in [6, 6.07) is 2.17. The quantitative estimate of drug-likeness (QED) is 0.849. The van der Waals surface area contributed by atoms with Crippen molar-refractivity contribution in [2.75, 3.05) is 6.26 Å². The fourth-order valence-electron chi connectivity index (χ4n) is 2.06. The summed E-state index contributed by atoms with van der Waals surface area (Å²) in [6.45, 7) is 4.85. The molecular weight excluding hydrogens is 264 g/mol. The van der Waals surface area contributed by atoms with Crippen LogP contribution < -0.4 is 5.32 Å². The monoisotopic (exact) mass is 286 g/mol. The van der Waals surface area contributed by atoms with Crippen LogP contribution in [0.15, 0.2) is 0 Å². The maximum Gasteiger partial charge on any atom is 0.242 e. The van der Waals surface area contributed by atoms with E-state index in [1.54, 1.807) is 0 Å². The molecule has 0 radical (unpaired) electrons. The van der Waals surface area contributed by atoms with Crippen molar-refractivity contribution in [1.29, 1.82) is 5.26 Å². The Morgan fingerprint density at radius 1 is 1.37 bits per heavy atom. The van der Waals surface area contributed by atoms with Crippen LogP contribution in [0.5, 0.6) is 0 Å². The highest BCUT2D eigenvalue weighted by Crippen LogP contribution is 2.32. The second kappa shape index (κ2) is 5.12. The summed E-state index contributed by atoms with van der Waals surface area (Å²) >= 11 is 0. The average Bonchev–Trinajstić information content (AvgIpc) is 2.31. The van der Waals surface area contributed by atoms with E-state index in [0.717, 1.165) is 19.1 Å². The largest absolute Gasteiger partial charge is 0.336 e. The van der Waals surface area contributed by atoms with Crippen molar-refractivity contribution in [3.05, 3.63) is 0 Å². The fourth-order valence-corrected chi connectivity index (χ4v) is 2.44. The second-order valence-corrected chi connectivity index (χ2v) is 8.68. The van der Waals surface area contributed by atoms with E-state index in [0.29, 0.717) is 18.8 Å². The summed E-state index contributed by atoms with van der Waals surface area (Å²) in [7, 11) is -3.52. The van der Waals surface area contributed by atoms with Gasteiger partial charge in [-0.1, -0.05) is 6.92 Å². The lowest BCUT2D eigenvalue weighted by molar-refractivity contribution is -0.124. The SMILES string of the molecule is CC1CCC(C#N)(NC(=O)C(C)(C)S(C)(=O)=O)CC1. The van der Waals surface area contributed by atoms with Crippen LogP contribution in [0, 0.1) is 17.2 Å². The van der Waals surface area contributed by atoms with Crippen LogP contribution in [-0.4, -0.2) is 30.9 Å². The lowest BCUT2D eigenvalue weighted by Gasteiger charge is -2.36. The first-order chi connectivity index (χ1) is 8.54. The number of amides is 1. The fraction of sp³-hybridized carbons (Fsp3) is 0.846. The van der Waals surface area contributed by atoms with E-state index in [-0.39, 0.29) is 0 Å². The lowest BCUT2D eigenvalue weighted by Crippen LogP contribution is -2.57. The molecular formula is C13H22N2O3S. The minimum atomic E-state index is -3.52. The molecule has 19 heavy (non-hydrogen) atoms. The van der Waals surface area contributed by atoms with Crippen molar-refractivity contribution >= 4 is 15.7 Å². The number of carbonyl (C=O) groups excluding carboxylic acids is 1.